The molecule has 0 unspecified atom stereocenters. The van der Waals surface area contributed by atoms with Gasteiger partial charge in [0.2, 0.25) is 11.9 Å². The maximum Gasteiger partial charge on any atom is 0.341 e. The van der Waals surface area contributed by atoms with Crippen LogP contribution < -0.4 is 10.2 Å². The average Bonchev–Trinajstić information content (AvgIpc) is 3.49. The minimum atomic E-state index is -0.719. The van der Waals surface area contributed by atoms with E-state index in [0.717, 1.165) is 12.3 Å². The van der Waals surface area contributed by atoms with Gasteiger partial charge in [0.15, 0.2) is 11.6 Å². The number of aryl methyl sites for hydroxylation is 1. The van der Waals surface area contributed by atoms with Crippen LogP contribution in [-0.4, -0.2) is 74.0 Å². The highest BCUT2D eigenvalue weighted by atomic mass is 19.1. The second kappa shape index (κ2) is 10.3. The fourth-order valence-electron chi connectivity index (χ4n) is 4.74. The number of nitrogens with one attached hydrogen (secondary N) is 1. The SMILES string of the molecule is CC(=O)Nc1c(C)nn(-c2nc(N3CCN(C(=O)N4N=CC[C@H]4c4cc(F)cc(F)c4)CC3)ncc2F)c1C. The Balaban J connectivity index is 1.29. The zero-order chi connectivity index (χ0) is 27.8. The molecule has 39 heavy (non-hydrogen) atoms. The van der Waals surface area contributed by atoms with Gasteiger partial charge in [-0.2, -0.15) is 15.2 Å². The van der Waals surface area contributed by atoms with Crippen molar-refractivity contribution in [2.45, 2.75) is 33.2 Å². The van der Waals surface area contributed by atoms with E-state index in [-0.39, 0.29) is 23.7 Å². The van der Waals surface area contributed by atoms with E-state index < -0.39 is 23.5 Å². The summed E-state index contributed by atoms with van der Waals surface area (Å²) in [6.45, 7) is 6.11. The molecule has 0 saturated carbocycles. The molecule has 4 heterocycles. The zero-order valence-corrected chi connectivity index (χ0v) is 21.5. The van der Waals surface area contributed by atoms with E-state index in [1.807, 2.05) is 4.90 Å². The van der Waals surface area contributed by atoms with Crippen LogP contribution in [0.3, 0.4) is 0 Å². The van der Waals surface area contributed by atoms with Crippen molar-refractivity contribution in [3.63, 3.8) is 0 Å². The number of carbonyl (C=O) groups excluding carboxylic acids is 2. The highest BCUT2D eigenvalue weighted by Gasteiger charge is 2.34. The summed E-state index contributed by atoms with van der Waals surface area (Å²) in [7, 11) is 0. The highest BCUT2D eigenvalue weighted by Crippen LogP contribution is 2.31. The number of amides is 3. The van der Waals surface area contributed by atoms with Crippen LogP contribution in [0.5, 0.6) is 0 Å². The van der Waals surface area contributed by atoms with E-state index in [9.17, 15) is 22.8 Å². The molecule has 0 aliphatic carbocycles. The molecule has 2 aliphatic heterocycles. The number of urea groups is 1. The Labute approximate surface area is 221 Å². The second-order valence-corrected chi connectivity index (χ2v) is 9.33. The summed E-state index contributed by atoms with van der Waals surface area (Å²) < 4.78 is 43.6. The molecule has 3 aromatic rings. The van der Waals surface area contributed by atoms with Gasteiger partial charge in [0.05, 0.1) is 29.3 Å². The number of rotatable bonds is 4. The molecule has 1 saturated heterocycles. The van der Waals surface area contributed by atoms with Gasteiger partial charge < -0.3 is 15.1 Å². The van der Waals surface area contributed by atoms with Crippen LogP contribution in [0.1, 0.15) is 36.3 Å². The molecular weight excluding hydrogens is 515 g/mol. The number of benzene rings is 1. The van der Waals surface area contributed by atoms with E-state index in [0.29, 0.717) is 55.2 Å². The van der Waals surface area contributed by atoms with Crippen LogP contribution in [0, 0.1) is 31.3 Å². The largest absolute Gasteiger partial charge is 0.341 e. The Morgan fingerprint density at radius 3 is 2.38 bits per heavy atom. The van der Waals surface area contributed by atoms with Crippen LogP contribution in [0.2, 0.25) is 0 Å². The lowest BCUT2D eigenvalue weighted by atomic mass is 10.0. The van der Waals surface area contributed by atoms with Gasteiger partial charge in [-0.3, -0.25) is 4.79 Å². The van der Waals surface area contributed by atoms with E-state index in [2.05, 4.69) is 25.5 Å². The smallest absolute Gasteiger partial charge is 0.337 e. The summed E-state index contributed by atoms with van der Waals surface area (Å²) >= 11 is 0. The Kier molecular flexibility index (Phi) is 6.93. The number of piperazine rings is 1. The van der Waals surface area contributed by atoms with Gasteiger partial charge >= 0.3 is 6.03 Å². The first-order chi connectivity index (χ1) is 18.6. The van der Waals surface area contributed by atoms with Crippen LogP contribution in [0.15, 0.2) is 29.5 Å². The van der Waals surface area contributed by atoms with Crippen LogP contribution >= 0.6 is 0 Å². The molecule has 0 spiro atoms. The first kappa shape index (κ1) is 26.1. The third-order valence-electron chi connectivity index (χ3n) is 6.63. The van der Waals surface area contributed by atoms with Gasteiger partial charge in [-0.25, -0.2) is 32.6 Å². The Hall–Kier alpha value is -4.49. The van der Waals surface area contributed by atoms with Gasteiger partial charge in [0.1, 0.15) is 11.6 Å². The third-order valence-corrected chi connectivity index (χ3v) is 6.63. The third kappa shape index (κ3) is 5.13. The van der Waals surface area contributed by atoms with Gasteiger partial charge in [-0.1, -0.05) is 0 Å². The van der Waals surface area contributed by atoms with Crippen molar-refractivity contribution in [1.29, 1.82) is 0 Å². The lowest BCUT2D eigenvalue weighted by Crippen LogP contribution is -2.52. The quantitative estimate of drug-likeness (QED) is 0.543. The molecule has 2 aliphatic rings. The summed E-state index contributed by atoms with van der Waals surface area (Å²) in [5, 5.41) is 12.4. The molecule has 1 aromatic carbocycles. The zero-order valence-electron chi connectivity index (χ0n) is 21.5. The van der Waals surface area contributed by atoms with E-state index in [1.54, 1.807) is 25.0 Å². The van der Waals surface area contributed by atoms with E-state index in [1.165, 1.54) is 28.7 Å². The molecule has 0 bridgehead atoms. The first-order valence-corrected chi connectivity index (χ1v) is 12.3. The fourth-order valence-corrected chi connectivity index (χ4v) is 4.74. The Bertz CT molecular complexity index is 1450. The molecule has 11 nitrogen and oxygen atoms in total. The number of anilines is 2. The molecule has 5 rings (SSSR count). The van der Waals surface area contributed by atoms with Crippen LogP contribution in [-0.2, 0) is 4.79 Å². The number of hydrogen-bond acceptors (Lipinski definition) is 7. The summed E-state index contributed by atoms with van der Waals surface area (Å²) in [6.07, 6.45) is 2.95. The molecule has 1 atom stereocenters. The number of carbonyl (C=O) groups is 2. The average molecular weight is 542 g/mol. The van der Waals surface area contributed by atoms with Gasteiger partial charge in [-0.05, 0) is 31.5 Å². The maximum atomic E-state index is 14.8. The van der Waals surface area contributed by atoms with Crippen LogP contribution in [0.25, 0.3) is 5.82 Å². The molecule has 0 radical (unpaired) electrons. The van der Waals surface area contributed by atoms with E-state index >= 15 is 0 Å². The molecule has 14 heteroatoms. The molecule has 1 N–H and O–H groups in total. The monoisotopic (exact) mass is 541 g/mol. The van der Waals surface area contributed by atoms with Crippen molar-refractivity contribution >= 4 is 29.8 Å². The lowest BCUT2D eigenvalue weighted by Gasteiger charge is -2.37. The summed E-state index contributed by atoms with van der Waals surface area (Å²) in [5.74, 6) is -2.19. The Morgan fingerprint density at radius 2 is 1.72 bits per heavy atom. The molecule has 2 aromatic heterocycles. The van der Waals surface area contributed by atoms with Crippen molar-refractivity contribution < 1.29 is 22.8 Å². The number of hydrazone groups is 1. The highest BCUT2D eigenvalue weighted by molar-refractivity contribution is 5.90. The molecule has 204 valence electrons. The molecule has 1 fully saturated rings. The van der Waals surface area contributed by atoms with E-state index in [4.69, 9.17) is 0 Å². The predicted octanol–water partition coefficient (Wildman–Crippen LogP) is 3.33. The molecular formula is C25H26F3N9O2. The van der Waals surface area contributed by atoms with Gasteiger partial charge in [0, 0.05) is 51.8 Å². The number of hydrogen-bond donors (Lipinski definition) is 1. The van der Waals surface area contributed by atoms with Crippen molar-refractivity contribution in [1.82, 2.24) is 29.7 Å². The molecule has 3 amide bonds. The number of aromatic nitrogens is 4. The standard InChI is InChI=1S/C25H26F3N9O2/c1-14-22(31-16(3)38)15(2)36(33-14)23-20(28)13-29-24(32-23)34-6-8-35(9-7-34)25(39)37-21(4-5-30-37)17-10-18(26)12-19(27)11-17/h5,10-13,21H,4,6-9H2,1-3H3,(H,31,38)/t21-/m0/s1. The van der Waals surface area contributed by atoms with Gasteiger partial charge in [0.25, 0.3) is 0 Å². The van der Waals surface area contributed by atoms with Crippen molar-refractivity contribution in [3.05, 3.63) is 58.8 Å². The summed E-state index contributed by atoms with van der Waals surface area (Å²) in [5.41, 5.74) is 1.84. The number of halogens is 3. The Morgan fingerprint density at radius 1 is 1.03 bits per heavy atom. The summed E-state index contributed by atoms with van der Waals surface area (Å²) in [4.78, 5) is 36.7. The number of nitrogens with zero attached hydrogens (tertiary/aromatic N) is 8. The first-order valence-electron chi connectivity index (χ1n) is 12.3. The summed E-state index contributed by atoms with van der Waals surface area (Å²) in [6, 6.07) is 2.20. The second-order valence-electron chi connectivity index (χ2n) is 9.33. The maximum absolute atomic E-state index is 14.8. The predicted molar refractivity (Wildman–Crippen MR) is 136 cm³/mol. The minimum absolute atomic E-state index is 0.0627. The normalized spacial score (nSPS) is 17.2. The minimum Gasteiger partial charge on any atom is -0.337 e. The van der Waals surface area contributed by atoms with Crippen molar-refractivity contribution in [2.75, 3.05) is 36.4 Å². The topological polar surface area (TPSA) is 112 Å². The fraction of sp³-hybridized carbons (Fsp3) is 0.360. The van der Waals surface area contributed by atoms with Crippen LogP contribution in [0.4, 0.5) is 29.6 Å². The van der Waals surface area contributed by atoms with Crippen molar-refractivity contribution in [2.24, 2.45) is 5.10 Å². The van der Waals surface area contributed by atoms with Gasteiger partial charge in [-0.15, -0.1) is 0 Å². The van der Waals surface area contributed by atoms with Crippen molar-refractivity contribution in [3.8, 4) is 5.82 Å². The lowest BCUT2D eigenvalue weighted by molar-refractivity contribution is -0.114.